The van der Waals surface area contributed by atoms with E-state index in [1.807, 2.05) is 10.8 Å². The summed E-state index contributed by atoms with van der Waals surface area (Å²) in [6, 6.07) is 0. The number of rotatable bonds is 4. The number of fused-ring (bicyclic) bond motifs is 1. The molecule has 1 unspecified atom stereocenters. The van der Waals surface area contributed by atoms with E-state index in [4.69, 9.17) is 0 Å². The normalized spacial score (nSPS) is 13.5. The molecule has 0 aliphatic rings. The van der Waals surface area contributed by atoms with Crippen LogP contribution in [0.5, 0.6) is 0 Å². The van der Waals surface area contributed by atoms with Crippen LogP contribution in [-0.4, -0.2) is 9.97 Å². The molecule has 0 saturated carbocycles. The van der Waals surface area contributed by atoms with Crippen LogP contribution in [0.4, 0.5) is 4.39 Å². The summed E-state index contributed by atoms with van der Waals surface area (Å²) in [7, 11) is -0.465. The Labute approximate surface area is 89.3 Å². The smallest absolute Gasteiger partial charge is 0.302 e. The van der Waals surface area contributed by atoms with E-state index in [-0.39, 0.29) is 5.69 Å². The summed E-state index contributed by atoms with van der Waals surface area (Å²) in [4.78, 5) is 16.2. The molecular formula is C10H14FN2OS+. The molecule has 0 aliphatic heterocycles. The fourth-order valence-electron chi connectivity index (χ4n) is 1.55. The maximum atomic E-state index is 13.7. The number of H-pyrrole nitrogens is 2. The number of halogens is 1. The molecule has 2 heterocycles. The third-order valence-electron chi connectivity index (χ3n) is 2.37. The van der Waals surface area contributed by atoms with Gasteiger partial charge < -0.3 is 9.97 Å². The highest BCUT2D eigenvalue weighted by Crippen LogP contribution is 2.38. The van der Waals surface area contributed by atoms with Crippen molar-refractivity contribution in [1.82, 2.24) is 9.97 Å². The van der Waals surface area contributed by atoms with E-state index in [1.54, 1.807) is 0 Å². The Hall–Kier alpha value is -1.10. The summed E-state index contributed by atoms with van der Waals surface area (Å²) < 4.78 is 13.7. The Kier molecular flexibility index (Phi) is 2.90. The van der Waals surface area contributed by atoms with Gasteiger partial charge in [-0.2, -0.15) is 4.39 Å². The number of hydrogen-bond donors (Lipinski definition) is 2. The lowest BCUT2D eigenvalue weighted by Crippen LogP contribution is -1.99. The molecule has 3 nitrogen and oxygen atoms in total. The molecule has 5 heteroatoms. The maximum Gasteiger partial charge on any atom is 0.324 e. The second-order valence-corrected chi connectivity index (χ2v) is 5.40. The minimum absolute atomic E-state index is 0.222. The SMILES string of the molecule is CCCCC([18F])[s+]1cc2[nH]c(=O)[nH]c2c1. The molecule has 0 amide bonds. The van der Waals surface area contributed by atoms with Gasteiger partial charge in [-0.15, -0.1) is 0 Å². The zero-order valence-corrected chi connectivity index (χ0v) is 9.36. The fourth-order valence-corrected chi connectivity index (χ4v) is 3.27. The van der Waals surface area contributed by atoms with Crippen molar-refractivity contribution in [3.05, 3.63) is 21.2 Å². The first-order valence-corrected chi connectivity index (χ1v) is 6.49. The first-order valence-electron chi connectivity index (χ1n) is 5.07. The Balaban J connectivity index is 2.21. The molecule has 0 aromatic carbocycles. The first-order chi connectivity index (χ1) is 7.20. The number of thiophene rings is 1. The molecule has 1 atom stereocenters. The van der Waals surface area contributed by atoms with Gasteiger partial charge in [-0.1, -0.05) is 13.3 Å². The summed E-state index contributed by atoms with van der Waals surface area (Å²) >= 11 is 0. The van der Waals surface area contributed by atoms with Crippen LogP contribution in [0.25, 0.3) is 11.0 Å². The summed E-state index contributed by atoms with van der Waals surface area (Å²) in [5, 5.41) is 3.63. The molecule has 82 valence electrons. The highest BCUT2D eigenvalue weighted by atomic mass is 32.2. The van der Waals surface area contributed by atoms with Crippen LogP contribution in [0.1, 0.15) is 31.7 Å². The van der Waals surface area contributed by atoms with E-state index in [9.17, 15) is 9.18 Å². The third-order valence-corrected chi connectivity index (χ3v) is 4.22. The second kappa shape index (κ2) is 4.18. The van der Waals surface area contributed by atoms with E-state index < -0.39 is 16.0 Å². The van der Waals surface area contributed by atoms with Crippen molar-refractivity contribution in [3.8, 4) is 0 Å². The molecule has 0 aliphatic carbocycles. The Morgan fingerprint density at radius 2 is 2.00 bits per heavy atom. The number of hydrogen-bond acceptors (Lipinski definition) is 1. The van der Waals surface area contributed by atoms with Crippen molar-refractivity contribution in [2.75, 3.05) is 0 Å². The van der Waals surface area contributed by atoms with Gasteiger partial charge in [0.2, 0.25) is 0 Å². The van der Waals surface area contributed by atoms with Crippen LogP contribution >= 0.6 is 10.5 Å². The minimum Gasteiger partial charge on any atom is -0.302 e. The fraction of sp³-hybridized carbons (Fsp3) is 0.500. The van der Waals surface area contributed by atoms with Gasteiger partial charge in [-0.05, 0) is 6.42 Å². The van der Waals surface area contributed by atoms with Crippen LogP contribution in [0.3, 0.4) is 0 Å². The molecule has 2 N–H and O–H groups in total. The van der Waals surface area contributed by atoms with Gasteiger partial charge in [0.25, 0.3) is 5.50 Å². The van der Waals surface area contributed by atoms with Crippen LogP contribution in [-0.2, 0) is 0 Å². The summed E-state index contributed by atoms with van der Waals surface area (Å²) in [6.45, 7) is 2.05. The number of imidazole rings is 1. The standard InChI is InChI=1S/C10H13FN2OS/c1-2-3-4-9(11)15-5-7-8(6-15)13-10(14)12-7/h5-6,9H,2-4H2,1H3,(H-,12,13,14)/p+1/i11-1. The van der Waals surface area contributed by atoms with Crippen LogP contribution in [0.15, 0.2) is 15.6 Å². The van der Waals surface area contributed by atoms with Crippen molar-refractivity contribution >= 4 is 21.5 Å². The predicted molar refractivity (Wildman–Crippen MR) is 61.1 cm³/mol. The Morgan fingerprint density at radius 3 is 2.53 bits per heavy atom. The molecule has 0 spiro atoms. The topological polar surface area (TPSA) is 48.6 Å². The van der Waals surface area contributed by atoms with Crippen molar-refractivity contribution in [2.45, 2.75) is 31.7 Å². The molecule has 0 fully saturated rings. The quantitative estimate of drug-likeness (QED) is 0.775. The lowest BCUT2D eigenvalue weighted by Gasteiger charge is -1.96. The highest BCUT2D eigenvalue weighted by molar-refractivity contribution is 7.29. The molecule has 0 saturated heterocycles. The average Bonchev–Trinajstić information content (AvgIpc) is 2.70. The van der Waals surface area contributed by atoms with Gasteiger partial charge in [-0.3, -0.25) is 0 Å². The third kappa shape index (κ3) is 2.12. The minimum atomic E-state index is -0.811. The number of alkyl halides is 1. The lowest BCUT2D eigenvalue weighted by atomic mass is 10.3. The maximum absolute atomic E-state index is 13.7. The molecule has 15 heavy (non-hydrogen) atoms. The highest BCUT2D eigenvalue weighted by Gasteiger charge is 2.21. The van der Waals surface area contributed by atoms with E-state index in [2.05, 4.69) is 16.9 Å². The van der Waals surface area contributed by atoms with E-state index in [1.165, 1.54) is 0 Å². The number of aromatic nitrogens is 2. The van der Waals surface area contributed by atoms with Gasteiger partial charge in [0.15, 0.2) is 10.8 Å². The second-order valence-electron chi connectivity index (χ2n) is 3.60. The summed E-state index contributed by atoms with van der Waals surface area (Å²) in [6.07, 6.45) is 2.53. The first kappa shape index (κ1) is 10.4. The average molecular weight is 228 g/mol. The zero-order chi connectivity index (χ0) is 10.8. The lowest BCUT2D eigenvalue weighted by molar-refractivity contribution is 0.374. The van der Waals surface area contributed by atoms with Gasteiger partial charge in [-0.25, -0.2) is 4.79 Å². The van der Waals surface area contributed by atoms with Crippen molar-refractivity contribution in [2.24, 2.45) is 0 Å². The summed E-state index contributed by atoms with van der Waals surface area (Å²) in [5.41, 5.74) is 0.443. The van der Waals surface area contributed by atoms with E-state index in [0.717, 1.165) is 23.9 Å². The summed E-state index contributed by atoms with van der Waals surface area (Å²) in [5.74, 6) is 0. The van der Waals surface area contributed by atoms with Crippen molar-refractivity contribution in [3.63, 3.8) is 0 Å². The van der Waals surface area contributed by atoms with Crippen LogP contribution < -0.4 is 5.69 Å². The largest absolute Gasteiger partial charge is 0.324 e. The van der Waals surface area contributed by atoms with E-state index >= 15 is 0 Å². The number of aromatic amines is 2. The number of nitrogens with one attached hydrogen (secondary N) is 2. The Morgan fingerprint density at radius 1 is 1.40 bits per heavy atom. The molecule has 2 rings (SSSR count). The van der Waals surface area contributed by atoms with Gasteiger partial charge in [0.1, 0.15) is 11.0 Å². The monoisotopic (exact) mass is 228 g/mol. The zero-order valence-electron chi connectivity index (χ0n) is 8.55. The van der Waals surface area contributed by atoms with E-state index in [0.29, 0.717) is 6.42 Å². The molecule has 2 aromatic rings. The van der Waals surface area contributed by atoms with Gasteiger partial charge >= 0.3 is 5.69 Å². The van der Waals surface area contributed by atoms with Gasteiger partial charge in [0, 0.05) is 16.9 Å². The van der Waals surface area contributed by atoms with Crippen molar-refractivity contribution in [1.29, 1.82) is 0 Å². The number of unbranched alkanes of at least 4 members (excludes halogenated alkanes) is 1. The Bertz CT molecular complexity index is 464. The van der Waals surface area contributed by atoms with Crippen LogP contribution in [0, 0.1) is 0 Å². The molecular weight excluding hydrogens is 214 g/mol. The van der Waals surface area contributed by atoms with Crippen molar-refractivity contribution < 1.29 is 4.39 Å². The molecule has 0 bridgehead atoms. The predicted octanol–water partition coefficient (Wildman–Crippen LogP) is 3.26. The van der Waals surface area contributed by atoms with Gasteiger partial charge in [0.05, 0.1) is 0 Å². The van der Waals surface area contributed by atoms with Crippen LogP contribution in [0.2, 0.25) is 0 Å². The molecule has 2 aromatic heterocycles. The molecule has 0 radical (unpaired) electrons.